The number of ether oxygens (including phenoxy) is 1. The van der Waals surface area contributed by atoms with E-state index in [1.54, 1.807) is 0 Å². The minimum Gasteiger partial charge on any atom is -0.394 e. The second kappa shape index (κ2) is 3.49. The van der Waals surface area contributed by atoms with E-state index in [1.807, 2.05) is 0 Å². The highest BCUT2D eigenvalue weighted by atomic mass is 16.7. The SMILES string of the molecule is C[C@@]1(O)O[C@H](CO)[C@H](O)[C@@H](O)[C@@H]1O. The quantitative estimate of drug-likeness (QED) is 0.308. The van der Waals surface area contributed by atoms with E-state index >= 15 is 0 Å². The van der Waals surface area contributed by atoms with Crippen LogP contribution in [-0.4, -0.2) is 62.3 Å². The molecule has 1 aliphatic rings. The molecule has 6 nitrogen and oxygen atoms in total. The van der Waals surface area contributed by atoms with E-state index < -0.39 is 36.8 Å². The Hall–Kier alpha value is -0.240. The van der Waals surface area contributed by atoms with Gasteiger partial charge in [0.15, 0.2) is 5.79 Å². The molecule has 0 aromatic heterocycles. The van der Waals surface area contributed by atoms with Crippen LogP contribution in [0.2, 0.25) is 0 Å². The van der Waals surface area contributed by atoms with Gasteiger partial charge in [-0.2, -0.15) is 0 Å². The summed E-state index contributed by atoms with van der Waals surface area (Å²) in [5.74, 6) is -1.95. The molecule has 0 spiro atoms. The van der Waals surface area contributed by atoms with Gasteiger partial charge in [-0.15, -0.1) is 0 Å². The van der Waals surface area contributed by atoms with Crippen molar-refractivity contribution in [1.82, 2.24) is 0 Å². The number of rotatable bonds is 1. The molecular formula is C7H14O6. The Morgan fingerprint density at radius 1 is 1.23 bits per heavy atom. The highest BCUT2D eigenvalue weighted by molar-refractivity contribution is 4.93. The highest BCUT2D eigenvalue weighted by Crippen LogP contribution is 2.27. The standard InChI is InChI=1S/C7H14O6/c1-7(12)6(11)5(10)4(9)3(2-8)13-7/h3-6,8-12H,2H2,1H3/t3-,4+,5-,6+,7-/m1/s1. The first-order valence-corrected chi connectivity index (χ1v) is 3.95. The molecule has 0 bridgehead atoms. The largest absolute Gasteiger partial charge is 0.394 e. The predicted molar refractivity (Wildman–Crippen MR) is 40.6 cm³/mol. The van der Waals surface area contributed by atoms with Gasteiger partial charge in [0.05, 0.1) is 6.61 Å². The van der Waals surface area contributed by atoms with Gasteiger partial charge in [0.1, 0.15) is 24.4 Å². The van der Waals surface area contributed by atoms with E-state index in [4.69, 9.17) is 9.84 Å². The van der Waals surface area contributed by atoms with Crippen molar-refractivity contribution in [3.05, 3.63) is 0 Å². The van der Waals surface area contributed by atoms with Crippen molar-refractivity contribution in [3.63, 3.8) is 0 Å². The van der Waals surface area contributed by atoms with Crippen LogP contribution in [0, 0.1) is 0 Å². The molecule has 0 aromatic carbocycles. The molecule has 0 saturated carbocycles. The molecule has 6 heteroatoms. The maximum atomic E-state index is 9.38. The lowest BCUT2D eigenvalue weighted by atomic mass is 9.94. The zero-order chi connectivity index (χ0) is 10.2. The van der Waals surface area contributed by atoms with Gasteiger partial charge in [-0.1, -0.05) is 0 Å². The molecule has 5 atom stereocenters. The van der Waals surface area contributed by atoms with Crippen LogP contribution in [0.4, 0.5) is 0 Å². The average molecular weight is 194 g/mol. The smallest absolute Gasteiger partial charge is 0.192 e. The van der Waals surface area contributed by atoms with Gasteiger partial charge in [0, 0.05) is 0 Å². The van der Waals surface area contributed by atoms with Crippen LogP contribution in [0.1, 0.15) is 6.92 Å². The fourth-order valence-corrected chi connectivity index (χ4v) is 1.31. The lowest BCUT2D eigenvalue weighted by molar-refractivity contribution is -0.341. The van der Waals surface area contributed by atoms with Crippen LogP contribution in [0.25, 0.3) is 0 Å². The summed E-state index contributed by atoms with van der Waals surface area (Å²) in [6.45, 7) is 0.608. The predicted octanol–water partition coefficient (Wildman–Crippen LogP) is -2.83. The summed E-state index contributed by atoms with van der Waals surface area (Å²) in [4.78, 5) is 0. The molecule has 1 heterocycles. The molecule has 0 aromatic rings. The van der Waals surface area contributed by atoms with Crippen molar-refractivity contribution in [2.75, 3.05) is 6.61 Å². The second-order valence-corrected chi connectivity index (χ2v) is 3.32. The number of aliphatic hydroxyl groups excluding tert-OH is 4. The molecule has 1 saturated heterocycles. The monoisotopic (exact) mass is 194 g/mol. The Balaban J connectivity index is 2.79. The summed E-state index contributed by atoms with van der Waals surface area (Å²) in [5, 5.41) is 45.8. The lowest BCUT2D eigenvalue weighted by Gasteiger charge is -2.43. The normalized spacial score (nSPS) is 52.2. The maximum absolute atomic E-state index is 9.38. The van der Waals surface area contributed by atoms with Crippen molar-refractivity contribution in [3.8, 4) is 0 Å². The van der Waals surface area contributed by atoms with Crippen LogP contribution < -0.4 is 0 Å². The minimum atomic E-state index is -1.95. The highest BCUT2D eigenvalue weighted by Gasteiger charge is 2.49. The summed E-state index contributed by atoms with van der Waals surface area (Å²) >= 11 is 0. The molecule has 0 radical (unpaired) electrons. The van der Waals surface area contributed by atoms with Crippen molar-refractivity contribution < 1.29 is 30.3 Å². The maximum Gasteiger partial charge on any atom is 0.192 e. The molecule has 78 valence electrons. The first kappa shape index (κ1) is 10.8. The Morgan fingerprint density at radius 3 is 2.23 bits per heavy atom. The molecule has 5 N–H and O–H groups in total. The minimum absolute atomic E-state index is 0.541. The van der Waals surface area contributed by atoms with Gasteiger partial charge in [-0.25, -0.2) is 0 Å². The van der Waals surface area contributed by atoms with Crippen molar-refractivity contribution >= 4 is 0 Å². The molecule has 0 amide bonds. The summed E-state index contributed by atoms with van der Waals surface area (Å²) in [6.07, 6.45) is -5.61. The van der Waals surface area contributed by atoms with E-state index in [2.05, 4.69) is 0 Å². The van der Waals surface area contributed by atoms with Gasteiger partial charge in [0.2, 0.25) is 0 Å². The number of hydrogen-bond donors (Lipinski definition) is 5. The van der Waals surface area contributed by atoms with Gasteiger partial charge < -0.3 is 30.3 Å². The van der Waals surface area contributed by atoms with Gasteiger partial charge >= 0.3 is 0 Å². The summed E-state index contributed by atoms with van der Waals surface area (Å²) in [7, 11) is 0. The molecular weight excluding hydrogens is 180 g/mol. The van der Waals surface area contributed by atoms with Crippen molar-refractivity contribution in [2.24, 2.45) is 0 Å². The van der Waals surface area contributed by atoms with Crippen molar-refractivity contribution in [2.45, 2.75) is 37.1 Å². The fraction of sp³-hybridized carbons (Fsp3) is 1.00. The van der Waals surface area contributed by atoms with E-state index in [1.165, 1.54) is 0 Å². The average Bonchev–Trinajstić information content (AvgIpc) is 2.08. The van der Waals surface area contributed by atoms with Gasteiger partial charge in [-0.3, -0.25) is 0 Å². The lowest BCUT2D eigenvalue weighted by Crippen LogP contribution is -2.63. The summed E-state index contributed by atoms with van der Waals surface area (Å²) in [5.41, 5.74) is 0. The van der Waals surface area contributed by atoms with E-state index in [9.17, 15) is 20.4 Å². The molecule has 0 unspecified atom stereocenters. The molecule has 1 aliphatic heterocycles. The van der Waals surface area contributed by atoms with Crippen LogP contribution in [0.15, 0.2) is 0 Å². The fourth-order valence-electron chi connectivity index (χ4n) is 1.31. The van der Waals surface area contributed by atoms with Crippen LogP contribution in [0.5, 0.6) is 0 Å². The first-order valence-electron chi connectivity index (χ1n) is 3.95. The number of hydrogen-bond acceptors (Lipinski definition) is 6. The van der Waals surface area contributed by atoms with Gasteiger partial charge in [-0.05, 0) is 6.92 Å². The van der Waals surface area contributed by atoms with Gasteiger partial charge in [0.25, 0.3) is 0 Å². The molecule has 0 aliphatic carbocycles. The van der Waals surface area contributed by atoms with E-state index in [0.29, 0.717) is 0 Å². The van der Waals surface area contributed by atoms with Crippen LogP contribution in [-0.2, 0) is 4.74 Å². The first-order chi connectivity index (χ1) is 5.90. The third kappa shape index (κ3) is 1.83. The van der Waals surface area contributed by atoms with E-state index in [0.717, 1.165) is 6.92 Å². The summed E-state index contributed by atoms with van der Waals surface area (Å²) < 4.78 is 4.76. The third-order valence-corrected chi connectivity index (χ3v) is 2.17. The number of aliphatic hydroxyl groups is 5. The van der Waals surface area contributed by atoms with Crippen LogP contribution >= 0.6 is 0 Å². The second-order valence-electron chi connectivity index (χ2n) is 3.32. The summed E-state index contributed by atoms with van der Waals surface area (Å²) in [6, 6.07) is 0. The Labute approximate surface area is 75.0 Å². The van der Waals surface area contributed by atoms with Crippen LogP contribution in [0.3, 0.4) is 0 Å². The third-order valence-electron chi connectivity index (χ3n) is 2.17. The molecule has 1 rings (SSSR count). The Bertz CT molecular complexity index is 180. The molecule has 1 fully saturated rings. The Morgan fingerprint density at radius 2 is 1.77 bits per heavy atom. The topological polar surface area (TPSA) is 110 Å². The van der Waals surface area contributed by atoms with E-state index in [-0.39, 0.29) is 0 Å². The zero-order valence-corrected chi connectivity index (χ0v) is 7.16. The van der Waals surface area contributed by atoms with Crippen molar-refractivity contribution in [1.29, 1.82) is 0 Å². The molecule has 13 heavy (non-hydrogen) atoms. The zero-order valence-electron chi connectivity index (χ0n) is 7.16. The Kier molecular flexibility index (Phi) is 2.91.